The summed E-state index contributed by atoms with van der Waals surface area (Å²) in [7, 11) is -3.24. The smallest absolute Gasteiger partial charge is 0.268 e. The van der Waals surface area contributed by atoms with Crippen molar-refractivity contribution in [3.8, 4) is 0 Å². The van der Waals surface area contributed by atoms with Crippen molar-refractivity contribution in [2.24, 2.45) is 4.99 Å². The average Bonchev–Trinajstić information content (AvgIpc) is 2.83. The van der Waals surface area contributed by atoms with E-state index in [4.69, 9.17) is 0 Å². The predicted octanol–water partition coefficient (Wildman–Crippen LogP) is 3.05. The summed E-state index contributed by atoms with van der Waals surface area (Å²) in [6, 6.07) is 6.79. The lowest BCUT2D eigenvalue weighted by molar-refractivity contribution is 0.533. The van der Waals surface area contributed by atoms with E-state index in [1.165, 1.54) is 18.0 Å². The van der Waals surface area contributed by atoms with Crippen molar-refractivity contribution < 1.29 is 8.42 Å². The number of aromatic nitrogens is 2. The van der Waals surface area contributed by atoms with Gasteiger partial charge in [0.25, 0.3) is 5.56 Å². The molecule has 8 heteroatoms. The van der Waals surface area contributed by atoms with Gasteiger partial charge in [0.15, 0.2) is 15.7 Å². The Balaban J connectivity index is 2.12. The highest BCUT2D eigenvalue weighted by Gasteiger charge is 2.30. The monoisotopic (exact) mass is 365 g/mol. The number of aromatic amines is 1. The van der Waals surface area contributed by atoms with Gasteiger partial charge in [-0.05, 0) is 38.5 Å². The molecule has 1 N–H and O–H groups in total. The molecule has 0 saturated heterocycles. The van der Waals surface area contributed by atoms with Crippen molar-refractivity contribution in [2.75, 3.05) is 6.26 Å². The first kappa shape index (κ1) is 17.0. The molecule has 1 atom stereocenters. The maximum Gasteiger partial charge on any atom is 0.271 e. The first-order valence-electron chi connectivity index (χ1n) is 7.55. The van der Waals surface area contributed by atoms with Crippen molar-refractivity contribution in [3.05, 3.63) is 45.7 Å². The van der Waals surface area contributed by atoms with Gasteiger partial charge >= 0.3 is 0 Å². The number of fused-ring (bicyclic) bond motifs is 1. The second kappa shape index (κ2) is 5.93. The fourth-order valence-electron chi connectivity index (χ4n) is 2.71. The first-order valence-corrected chi connectivity index (χ1v) is 10.3. The third kappa shape index (κ3) is 2.95. The lowest BCUT2D eigenvalue weighted by Gasteiger charge is -2.21. The van der Waals surface area contributed by atoms with Crippen LogP contribution in [-0.2, 0) is 9.84 Å². The molecule has 0 amide bonds. The van der Waals surface area contributed by atoms with Crippen LogP contribution in [0, 0.1) is 0 Å². The van der Waals surface area contributed by atoms with Gasteiger partial charge in [-0.3, -0.25) is 14.6 Å². The van der Waals surface area contributed by atoms with E-state index in [0.29, 0.717) is 11.4 Å². The predicted molar refractivity (Wildman–Crippen MR) is 97.2 cm³/mol. The Hall–Kier alpha value is -1.80. The maximum absolute atomic E-state index is 12.5. The third-order valence-corrected chi connectivity index (χ3v) is 6.18. The summed E-state index contributed by atoms with van der Waals surface area (Å²) in [6.07, 6.45) is 1.18. The van der Waals surface area contributed by atoms with E-state index in [9.17, 15) is 13.2 Å². The van der Waals surface area contributed by atoms with Crippen molar-refractivity contribution in [1.29, 1.82) is 0 Å². The summed E-state index contributed by atoms with van der Waals surface area (Å²) in [5.41, 5.74) is 1.35. The Labute approximate surface area is 144 Å². The number of thioether (sulfide) groups is 1. The molecule has 1 aromatic heterocycles. The molecular formula is C16H19N3O3S2. The van der Waals surface area contributed by atoms with Gasteiger partial charge in [0, 0.05) is 12.3 Å². The lowest BCUT2D eigenvalue weighted by Crippen LogP contribution is -2.13. The molecule has 0 aliphatic carbocycles. The summed E-state index contributed by atoms with van der Waals surface area (Å²) in [5.74, 6) is 0.656. The van der Waals surface area contributed by atoms with Crippen molar-refractivity contribution in [1.82, 2.24) is 9.78 Å². The fraction of sp³-hybridized carbons (Fsp3) is 0.375. The number of nitrogens with one attached hydrogen (secondary N) is 1. The lowest BCUT2D eigenvalue weighted by atomic mass is 10.1. The van der Waals surface area contributed by atoms with Gasteiger partial charge < -0.3 is 0 Å². The molecule has 0 spiro atoms. The molecule has 0 fully saturated rings. The summed E-state index contributed by atoms with van der Waals surface area (Å²) < 4.78 is 25.0. The molecule has 0 radical (unpaired) electrons. The molecule has 3 rings (SSSR count). The highest BCUT2D eigenvalue weighted by atomic mass is 32.2. The molecule has 0 bridgehead atoms. The molecule has 0 saturated carbocycles. The van der Waals surface area contributed by atoms with Crippen LogP contribution in [0.15, 0.2) is 38.9 Å². The minimum atomic E-state index is -3.24. The van der Waals surface area contributed by atoms with Crippen LogP contribution in [-0.4, -0.2) is 29.5 Å². The molecule has 1 unspecified atom stereocenters. The zero-order valence-corrected chi connectivity index (χ0v) is 15.5. The Morgan fingerprint density at radius 1 is 1.25 bits per heavy atom. The van der Waals surface area contributed by atoms with E-state index >= 15 is 0 Å². The largest absolute Gasteiger partial charge is 0.271 e. The second-order valence-electron chi connectivity index (χ2n) is 6.11. The van der Waals surface area contributed by atoms with Crippen LogP contribution in [0.25, 0.3) is 0 Å². The van der Waals surface area contributed by atoms with Crippen LogP contribution in [0.2, 0.25) is 0 Å². The van der Waals surface area contributed by atoms with Gasteiger partial charge in [-0.2, -0.15) is 0 Å². The van der Waals surface area contributed by atoms with Crippen molar-refractivity contribution in [2.45, 2.75) is 37.0 Å². The quantitative estimate of drug-likeness (QED) is 0.906. The molecule has 24 heavy (non-hydrogen) atoms. The van der Waals surface area contributed by atoms with E-state index in [0.717, 1.165) is 10.6 Å². The number of rotatable bonds is 3. The summed E-state index contributed by atoms with van der Waals surface area (Å²) in [5, 5.41) is 3.52. The van der Waals surface area contributed by atoms with Crippen LogP contribution in [0.1, 0.15) is 43.2 Å². The number of nitrogens with zero attached hydrogens (tertiary/aromatic N) is 2. The normalized spacial score (nSPS) is 17.7. The highest BCUT2D eigenvalue weighted by Crippen LogP contribution is 2.44. The van der Waals surface area contributed by atoms with Gasteiger partial charge in [0.05, 0.1) is 20.8 Å². The molecule has 1 aliphatic heterocycles. The van der Waals surface area contributed by atoms with Gasteiger partial charge in [0.1, 0.15) is 0 Å². The summed E-state index contributed by atoms with van der Waals surface area (Å²) in [6.45, 7) is 5.88. The number of benzene rings is 1. The Kier molecular flexibility index (Phi) is 4.21. The molecule has 2 heterocycles. The zero-order valence-electron chi connectivity index (χ0n) is 13.9. The third-order valence-electron chi connectivity index (χ3n) is 3.88. The number of sulfone groups is 1. The van der Waals surface area contributed by atoms with E-state index in [1.807, 2.05) is 20.8 Å². The van der Waals surface area contributed by atoms with E-state index in [-0.39, 0.29) is 21.7 Å². The van der Waals surface area contributed by atoms with E-state index in [2.05, 4.69) is 10.1 Å². The molecule has 6 nitrogen and oxygen atoms in total. The topological polar surface area (TPSA) is 84.3 Å². The van der Waals surface area contributed by atoms with E-state index < -0.39 is 9.84 Å². The molecular weight excluding hydrogens is 346 g/mol. The van der Waals surface area contributed by atoms with Gasteiger partial charge in [-0.1, -0.05) is 23.9 Å². The average molecular weight is 365 g/mol. The van der Waals surface area contributed by atoms with Gasteiger partial charge in [-0.15, -0.1) is 0 Å². The Morgan fingerprint density at radius 2 is 1.88 bits per heavy atom. The van der Waals surface area contributed by atoms with Gasteiger partial charge in [-0.25, -0.2) is 13.4 Å². The summed E-state index contributed by atoms with van der Waals surface area (Å²) in [4.78, 5) is 17.3. The SMILES string of the molecule is CC1=Nc2c(c(=O)[nH]n2C(C)C)C(c2ccc(S(C)(=O)=O)cc2)S1. The highest BCUT2D eigenvalue weighted by molar-refractivity contribution is 8.14. The Bertz CT molecular complexity index is 967. The first-order chi connectivity index (χ1) is 11.2. The van der Waals surface area contributed by atoms with Crippen LogP contribution in [0.4, 0.5) is 5.82 Å². The fourth-order valence-corrected chi connectivity index (χ4v) is 4.44. The van der Waals surface area contributed by atoms with Crippen LogP contribution in [0.5, 0.6) is 0 Å². The Morgan fingerprint density at radius 3 is 2.42 bits per heavy atom. The van der Waals surface area contributed by atoms with Crippen molar-refractivity contribution >= 4 is 32.5 Å². The van der Waals surface area contributed by atoms with Crippen LogP contribution < -0.4 is 5.56 Å². The standard InChI is InChI=1S/C16H19N3O3S2/c1-9(2)19-15-13(16(20)18-19)14(23-10(3)17-15)11-5-7-12(8-6-11)24(4,21)22/h5-9,14H,1-4H3,(H,18,20). The summed E-state index contributed by atoms with van der Waals surface area (Å²) >= 11 is 1.50. The van der Waals surface area contributed by atoms with Crippen LogP contribution >= 0.6 is 11.8 Å². The second-order valence-corrected chi connectivity index (χ2v) is 9.43. The molecule has 2 aromatic rings. The van der Waals surface area contributed by atoms with Crippen molar-refractivity contribution in [3.63, 3.8) is 0 Å². The van der Waals surface area contributed by atoms with Crippen LogP contribution in [0.3, 0.4) is 0 Å². The number of hydrogen-bond acceptors (Lipinski definition) is 5. The minimum absolute atomic E-state index is 0.0920. The zero-order chi connectivity index (χ0) is 17.6. The molecule has 1 aliphatic rings. The van der Waals surface area contributed by atoms with Gasteiger partial charge in [0.2, 0.25) is 0 Å². The number of aliphatic imine (C=N–C) groups is 1. The minimum Gasteiger partial charge on any atom is -0.268 e. The molecule has 1 aromatic carbocycles. The number of H-pyrrole nitrogens is 1. The number of hydrogen-bond donors (Lipinski definition) is 1. The van der Waals surface area contributed by atoms with E-state index in [1.54, 1.807) is 28.9 Å². The molecule has 128 valence electrons. The maximum atomic E-state index is 12.5.